The molecule has 0 spiro atoms. The summed E-state index contributed by atoms with van der Waals surface area (Å²) in [7, 11) is 0. The first-order valence-corrected chi connectivity index (χ1v) is 6.39. The van der Waals surface area contributed by atoms with Crippen molar-refractivity contribution < 1.29 is 0 Å². The molecule has 0 bridgehead atoms. The summed E-state index contributed by atoms with van der Waals surface area (Å²) in [5, 5.41) is 0.762. The minimum absolute atomic E-state index is 0.598. The monoisotopic (exact) mass is 245 g/mol. The van der Waals surface area contributed by atoms with E-state index in [0.717, 1.165) is 10.9 Å². The molecule has 1 aromatic carbocycles. The maximum atomic E-state index is 5.54. The van der Waals surface area contributed by atoms with Crippen molar-refractivity contribution in [2.24, 2.45) is 0 Å². The molecule has 4 heteroatoms. The van der Waals surface area contributed by atoms with Crippen LogP contribution in [0, 0.1) is 13.8 Å². The van der Waals surface area contributed by atoms with E-state index >= 15 is 0 Å². The van der Waals surface area contributed by atoms with Gasteiger partial charge in [-0.2, -0.15) is 0 Å². The Morgan fingerprint density at radius 3 is 2.24 bits per heavy atom. The zero-order valence-electron chi connectivity index (χ0n) is 9.97. The van der Waals surface area contributed by atoms with Gasteiger partial charge in [-0.25, -0.2) is 9.97 Å². The molecule has 1 heterocycles. The second kappa shape index (κ2) is 5.19. The van der Waals surface area contributed by atoms with Crippen molar-refractivity contribution in [3.8, 4) is 0 Å². The van der Waals surface area contributed by atoms with E-state index in [1.54, 1.807) is 24.2 Å². The number of hydrogen-bond donors (Lipinski definition) is 1. The molecule has 2 N–H and O–H groups in total. The fraction of sp³-hybridized carbons (Fsp3) is 0.231. The molecule has 0 aliphatic rings. The third kappa shape index (κ3) is 3.46. The second-order valence-corrected chi connectivity index (χ2v) is 5.03. The highest BCUT2D eigenvalue weighted by Crippen LogP contribution is 2.20. The van der Waals surface area contributed by atoms with Crippen LogP contribution in [0.5, 0.6) is 0 Å². The van der Waals surface area contributed by atoms with E-state index in [0.29, 0.717) is 5.69 Å². The van der Waals surface area contributed by atoms with Crippen LogP contribution in [0.3, 0.4) is 0 Å². The van der Waals surface area contributed by atoms with Crippen LogP contribution in [0.25, 0.3) is 0 Å². The molecule has 3 nitrogen and oxygen atoms in total. The number of nitrogens with zero attached hydrogens (tertiary/aromatic N) is 2. The summed E-state index contributed by atoms with van der Waals surface area (Å²) in [6.07, 6.45) is 3.27. The molecular weight excluding hydrogens is 230 g/mol. The van der Waals surface area contributed by atoms with E-state index in [1.807, 2.05) is 0 Å². The van der Waals surface area contributed by atoms with Crippen LogP contribution in [0.15, 0.2) is 35.7 Å². The maximum Gasteiger partial charge on any atom is 0.187 e. The van der Waals surface area contributed by atoms with Gasteiger partial charge in [0.15, 0.2) is 5.16 Å². The van der Waals surface area contributed by atoms with Crippen molar-refractivity contribution in [3.63, 3.8) is 0 Å². The van der Waals surface area contributed by atoms with Crippen molar-refractivity contribution in [1.29, 1.82) is 0 Å². The molecule has 0 amide bonds. The summed E-state index contributed by atoms with van der Waals surface area (Å²) in [4.78, 5) is 8.33. The Kier molecular flexibility index (Phi) is 3.64. The molecule has 0 saturated heterocycles. The Balaban J connectivity index is 2.04. The molecule has 0 saturated carbocycles. The summed E-state index contributed by atoms with van der Waals surface area (Å²) in [6.45, 7) is 4.22. The highest BCUT2D eigenvalue weighted by Gasteiger charge is 2.00. The van der Waals surface area contributed by atoms with Crippen molar-refractivity contribution in [3.05, 3.63) is 47.3 Å². The van der Waals surface area contributed by atoms with Gasteiger partial charge in [-0.05, 0) is 19.4 Å². The van der Waals surface area contributed by atoms with Gasteiger partial charge in [-0.3, -0.25) is 0 Å². The molecule has 0 atom stereocenters. The van der Waals surface area contributed by atoms with Crippen LogP contribution in [-0.2, 0) is 5.75 Å². The SMILES string of the molecule is Cc1cc(C)cc(CSc2ncc(N)cn2)c1. The molecule has 0 aliphatic carbocycles. The number of nitrogen functional groups attached to an aromatic ring is 1. The minimum Gasteiger partial charge on any atom is -0.396 e. The Hall–Kier alpha value is -1.55. The molecule has 0 aliphatic heterocycles. The van der Waals surface area contributed by atoms with E-state index < -0.39 is 0 Å². The van der Waals surface area contributed by atoms with Gasteiger partial charge < -0.3 is 5.73 Å². The number of aromatic nitrogens is 2. The van der Waals surface area contributed by atoms with Gasteiger partial charge in [0.2, 0.25) is 0 Å². The largest absolute Gasteiger partial charge is 0.396 e. The van der Waals surface area contributed by atoms with Crippen molar-refractivity contribution in [2.45, 2.75) is 24.8 Å². The minimum atomic E-state index is 0.598. The lowest BCUT2D eigenvalue weighted by molar-refractivity contribution is 0.970. The highest BCUT2D eigenvalue weighted by atomic mass is 32.2. The Bertz CT molecular complexity index is 488. The number of thioether (sulfide) groups is 1. The first-order valence-electron chi connectivity index (χ1n) is 5.41. The molecule has 88 valence electrons. The zero-order chi connectivity index (χ0) is 12.3. The molecular formula is C13H15N3S. The fourth-order valence-corrected chi connectivity index (χ4v) is 2.42. The number of rotatable bonds is 3. The van der Waals surface area contributed by atoms with Gasteiger partial charge in [0.05, 0.1) is 18.1 Å². The van der Waals surface area contributed by atoms with Crippen molar-refractivity contribution in [2.75, 3.05) is 5.73 Å². The number of anilines is 1. The van der Waals surface area contributed by atoms with E-state index in [9.17, 15) is 0 Å². The highest BCUT2D eigenvalue weighted by molar-refractivity contribution is 7.98. The lowest BCUT2D eigenvalue weighted by atomic mass is 10.1. The van der Waals surface area contributed by atoms with Crippen molar-refractivity contribution >= 4 is 17.4 Å². The van der Waals surface area contributed by atoms with Gasteiger partial charge in [-0.15, -0.1) is 0 Å². The van der Waals surface area contributed by atoms with Crippen LogP contribution in [0.4, 0.5) is 5.69 Å². The molecule has 2 aromatic rings. The standard InChI is InChI=1S/C13H15N3S/c1-9-3-10(2)5-11(4-9)8-17-13-15-6-12(14)7-16-13/h3-7H,8,14H2,1-2H3. The molecule has 0 radical (unpaired) electrons. The average molecular weight is 245 g/mol. The molecule has 0 unspecified atom stereocenters. The van der Waals surface area contributed by atoms with Gasteiger partial charge in [0.1, 0.15) is 0 Å². The van der Waals surface area contributed by atoms with Crippen LogP contribution >= 0.6 is 11.8 Å². The lowest BCUT2D eigenvalue weighted by Gasteiger charge is -2.04. The summed E-state index contributed by atoms with van der Waals surface area (Å²) < 4.78 is 0. The molecule has 1 aromatic heterocycles. The molecule has 17 heavy (non-hydrogen) atoms. The number of hydrogen-bond acceptors (Lipinski definition) is 4. The summed E-state index contributed by atoms with van der Waals surface area (Å²) >= 11 is 1.62. The molecule has 0 fully saturated rings. The first kappa shape index (κ1) is 11.9. The van der Waals surface area contributed by atoms with E-state index in [2.05, 4.69) is 42.0 Å². The number of aryl methyl sites for hydroxylation is 2. The summed E-state index contributed by atoms with van der Waals surface area (Å²) in [5.74, 6) is 0.881. The van der Waals surface area contributed by atoms with Crippen LogP contribution in [0.2, 0.25) is 0 Å². The average Bonchev–Trinajstić information content (AvgIpc) is 2.27. The van der Waals surface area contributed by atoms with E-state index in [4.69, 9.17) is 5.73 Å². The Morgan fingerprint density at radius 2 is 1.65 bits per heavy atom. The fourth-order valence-electron chi connectivity index (χ4n) is 1.70. The van der Waals surface area contributed by atoms with Gasteiger partial charge in [0.25, 0.3) is 0 Å². The van der Waals surface area contributed by atoms with E-state index in [1.165, 1.54) is 16.7 Å². The summed E-state index contributed by atoms with van der Waals surface area (Å²) in [6, 6.07) is 6.56. The predicted molar refractivity (Wildman–Crippen MR) is 71.9 cm³/mol. The Labute approximate surface area is 105 Å². The lowest BCUT2D eigenvalue weighted by Crippen LogP contribution is -1.92. The summed E-state index contributed by atoms with van der Waals surface area (Å²) in [5.41, 5.74) is 10.0. The van der Waals surface area contributed by atoms with Gasteiger partial charge in [-0.1, -0.05) is 41.1 Å². The third-order valence-corrected chi connectivity index (χ3v) is 3.24. The van der Waals surface area contributed by atoms with Gasteiger partial charge in [0, 0.05) is 5.75 Å². The number of benzene rings is 1. The quantitative estimate of drug-likeness (QED) is 0.667. The van der Waals surface area contributed by atoms with Gasteiger partial charge >= 0.3 is 0 Å². The first-order chi connectivity index (χ1) is 8.13. The van der Waals surface area contributed by atoms with E-state index in [-0.39, 0.29) is 0 Å². The third-order valence-electron chi connectivity index (χ3n) is 2.30. The maximum absolute atomic E-state index is 5.54. The smallest absolute Gasteiger partial charge is 0.187 e. The number of nitrogens with two attached hydrogens (primary N) is 1. The van der Waals surface area contributed by atoms with Crippen LogP contribution in [-0.4, -0.2) is 9.97 Å². The van der Waals surface area contributed by atoms with Crippen LogP contribution < -0.4 is 5.73 Å². The second-order valence-electron chi connectivity index (χ2n) is 4.08. The molecule has 2 rings (SSSR count). The topological polar surface area (TPSA) is 51.8 Å². The Morgan fingerprint density at radius 1 is 1.06 bits per heavy atom. The zero-order valence-corrected chi connectivity index (χ0v) is 10.8. The van der Waals surface area contributed by atoms with Crippen molar-refractivity contribution in [1.82, 2.24) is 9.97 Å². The van der Waals surface area contributed by atoms with Crippen LogP contribution in [0.1, 0.15) is 16.7 Å². The normalized spacial score (nSPS) is 10.5. The predicted octanol–water partition coefficient (Wildman–Crippen LogP) is 2.97.